The van der Waals surface area contributed by atoms with E-state index in [1.54, 1.807) is 36.0 Å². The van der Waals surface area contributed by atoms with Gasteiger partial charge in [0.15, 0.2) is 5.82 Å². The molecule has 4 aromatic rings. The van der Waals surface area contributed by atoms with Gasteiger partial charge in [0.1, 0.15) is 4.90 Å². The van der Waals surface area contributed by atoms with Crippen LogP contribution in [0.5, 0.6) is 0 Å². The van der Waals surface area contributed by atoms with Crippen LogP contribution in [0.2, 0.25) is 0 Å². The maximum absolute atomic E-state index is 15.8. The largest absolute Gasteiger partial charge is 0.381 e. The highest BCUT2D eigenvalue weighted by Gasteiger charge is 2.26. The van der Waals surface area contributed by atoms with Crippen molar-refractivity contribution in [1.82, 2.24) is 19.5 Å². The van der Waals surface area contributed by atoms with Crippen LogP contribution in [-0.2, 0) is 21.8 Å². The molecule has 190 valence electrons. The minimum atomic E-state index is -3.97. The van der Waals surface area contributed by atoms with Gasteiger partial charge >= 0.3 is 0 Å². The van der Waals surface area contributed by atoms with Crippen LogP contribution in [0.4, 0.5) is 16.0 Å². The van der Waals surface area contributed by atoms with Crippen LogP contribution in [0.15, 0.2) is 53.8 Å². The highest BCUT2D eigenvalue weighted by atomic mass is 35.5. The van der Waals surface area contributed by atoms with Crippen molar-refractivity contribution in [2.75, 3.05) is 23.7 Å². The lowest BCUT2D eigenvalue weighted by molar-refractivity contribution is 0.0853. The summed E-state index contributed by atoms with van der Waals surface area (Å²) >= 11 is 1.43. The van der Waals surface area contributed by atoms with Gasteiger partial charge in [0.25, 0.3) is 10.0 Å². The normalized spacial score (nSPS) is 14.4. The number of aromatic nitrogens is 4. The molecule has 0 atom stereocenters. The Kier molecular flexibility index (Phi) is 7.59. The first-order valence-corrected chi connectivity index (χ1v) is 13.2. The summed E-state index contributed by atoms with van der Waals surface area (Å²) in [5.41, 5.74) is 6.72. The number of nitrogen functional groups attached to an aromatic ring is 1. The number of nitrogens with two attached hydrogens (primary N) is 1. The van der Waals surface area contributed by atoms with Gasteiger partial charge in [0.05, 0.1) is 27.0 Å². The first kappa shape index (κ1) is 26.0. The second-order valence-electron chi connectivity index (χ2n) is 8.20. The van der Waals surface area contributed by atoms with Crippen molar-refractivity contribution < 1.29 is 17.5 Å². The van der Waals surface area contributed by atoms with E-state index < -0.39 is 15.8 Å². The first-order chi connectivity index (χ1) is 16.8. The smallest absolute Gasteiger partial charge is 0.263 e. The minimum Gasteiger partial charge on any atom is -0.381 e. The number of rotatable bonds is 6. The van der Waals surface area contributed by atoms with Crippen LogP contribution >= 0.6 is 23.7 Å². The van der Waals surface area contributed by atoms with E-state index in [2.05, 4.69) is 14.7 Å². The fraction of sp³-hybridized carbons (Fsp3) is 0.261. The number of anilines is 2. The van der Waals surface area contributed by atoms with E-state index in [0.29, 0.717) is 29.5 Å². The van der Waals surface area contributed by atoms with Gasteiger partial charge in [-0.25, -0.2) is 27.8 Å². The summed E-state index contributed by atoms with van der Waals surface area (Å²) in [7, 11) is -2.27. The van der Waals surface area contributed by atoms with Gasteiger partial charge in [0.2, 0.25) is 5.95 Å². The standard InChI is InChI=1S/C23H23FN6O3S2.ClH/c1-30-10-6-15(13-30)35(31,32)29-17-4-2-3-16(19(17)24)20-21(18-5-9-26-23(25)27-18)34-22(28-20)14-7-11-33-12-8-14;/h2-6,9-10,13-14,29H,7-8,11-12H2,1H3,(H2,25,26,27);1H. The number of hydrogen-bond acceptors (Lipinski definition) is 8. The van der Waals surface area contributed by atoms with Crippen molar-refractivity contribution >= 4 is 45.4 Å². The van der Waals surface area contributed by atoms with E-state index in [9.17, 15) is 8.42 Å². The number of ether oxygens (including phenoxy) is 1. The molecule has 0 saturated carbocycles. The predicted molar refractivity (Wildman–Crippen MR) is 139 cm³/mol. The molecule has 1 aliphatic heterocycles. The molecule has 1 saturated heterocycles. The molecule has 0 bridgehead atoms. The van der Waals surface area contributed by atoms with Crippen LogP contribution in [0.1, 0.15) is 23.8 Å². The molecule has 1 aromatic carbocycles. The Balaban J connectivity index is 0.00000304. The maximum atomic E-state index is 15.8. The monoisotopic (exact) mass is 550 g/mol. The Morgan fingerprint density at radius 2 is 1.97 bits per heavy atom. The van der Waals surface area contributed by atoms with E-state index in [-0.39, 0.29) is 40.4 Å². The summed E-state index contributed by atoms with van der Waals surface area (Å²) in [5, 5.41) is 0.852. The number of hydrogen-bond donors (Lipinski definition) is 2. The van der Waals surface area contributed by atoms with Crippen molar-refractivity contribution in [2.45, 2.75) is 23.7 Å². The molecule has 13 heteroatoms. The van der Waals surface area contributed by atoms with Crippen LogP contribution in [0, 0.1) is 5.82 Å². The summed E-state index contributed by atoms with van der Waals surface area (Å²) < 4.78 is 50.8. The Morgan fingerprint density at radius 3 is 2.67 bits per heavy atom. The van der Waals surface area contributed by atoms with Crippen molar-refractivity contribution in [1.29, 1.82) is 0 Å². The third-order valence-corrected chi connectivity index (χ3v) is 8.33. The van der Waals surface area contributed by atoms with Gasteiger partial charge in [-0.3, -0.25) is 4.72 Å². The summed E-state index contributed by atoms with van der Waals surface area (Å²) in [4.78, 5) is 13.8. The molecule has 0 spiro atoms. The third-order valence-electron chi connectivity index (χ3n) is 5.73. The molecule has 3 N–H and O–H groups in total. The van der Waals surface area contributed by atoms with Crippen LogP contribution < -0.4 is 10.5 Å². The van der Waals surface area contributed by atoms with Gasteiger partial charge < -0.3 is 15.0 Å². The van der Waals surface area contributed by atoms with Gasteiger partial charge in [-0.1, -0.05) is 6.07 Å². The molecule has 0 aliphatic carbocycles. The number of thiazole rings is 1. The SMILES string of the molecule is Cl.Cn1ccc(S(=O)(=O)Nc2cccc(-c3nc(C4CCOCC4)sc3-c3ccnc(N)n3)c2F)c1. The minimum absolute atomic E-state index is 0. The lowest BCUT2D eigenvalue weighted by Crippen LogP contribution is -2.14. The summed E-state index contributed by atoms with van der Waals surface area (Å²) in [6.07, 6.45) is 6.22. The lowest BCUT2D eigenvalue weighted by atomic mass is 10.0. The highest BCUT2D eigenvalue weighted by molar-refractivity contribution is 7.92. The van der Waals surface area contributed by atoms with Gasteiger partial charge in [0, 0.05) is 50.3 Å². The van der Waals surface area contributed by atoms with Crippen LogP contribution in [0.25, 0.3) is 21.8 Å². The molecule has 3 aromatic heterocycles. The van der Waals surface area contributed by atoms with Crippen molar-refractivity contribution in [3.05, 3.63) is 59.7 Å². The Hall–Kier alpha value is -3.06. The van der Waals surface area contributed by atoms with Crippen molar-refractivity contribution in [3.63, 3.8) is 0 Å². The molecule has 1 fully saturated rings. The van der Waals surface area contributed by atoms with E-state index >= 15 is 4.39 Å². The van der Waals surface area contributed by atoms with Gasteiger partial charge in [-0.05, 0) is 37.1 Å². The molecule has 0 radical (unpaired) electrons. The lowest BCUT2D eigenvalue weighted by Gasteiger charge is -2.19. The highest BCUT2D eigenvalue weighted by Crippen LogP contribution is 2.42. The quantitative estimate of drug-likeness (QED) is 0.363. The summed E-state index contributed by atoms with van der Waals surface area (Å²) in [6, 6.07) is 7.69. The number of halogens is 2. The molecule has 0 amide bonds. The van der Waals surface area contributed by atoms with E-state index in [1.807, 2.05) is 0 Å². The summed E-state index contributed by atoms with van der Waals surface area (Å²) in [6.45, 7) is 1.28. The number of nitrogens with one attached hydrogen (secondary N) is 1. The van der Waals surface area contributed by atoms with E-state index in [4.69, 9.17) is 15.5 Å². The predicted octanol–water partition coefficient (Wildman–Crippen LogP) is 4.44. The zero-order chi connectivity index (χ0) is 24.6. The average molecular weight is 551 g/mol. The molecular formula is C23H24ClFN6O3S2. The number of sulfonamides is 1. The van der Waals surface area contributed by atoms with Crippen LogP contribution in [-0.4, -0.2) is 41.2 Å². The molecule has 4 heterocycles. The van der Waals surface area contributed by atoms with Crippen LogP contribution in [0.3, 0.4) is 0 Å². The molecular weight excluding hydrogens is 527 g/mol. The molecule has 1 aliphatic rings. The fourth-order valence-electron chi connectivity index (χ4n) is 3.95. The topological polar surface area (TPSA) is 125 Å². The second-order valence-corrected chi connectivity index (χ2v) is 10.9. The third kappa shape index (κ3) is 5.21. The average Bonchev–Trinajstić information content (AvgIpc) is 3.48. The Labute approximate surface area is 218 Å². The molecule has 0 unspecified atom stereocenters. The Morgan fingerprint density at radius 1 is 1.19 bits per heavy atom. The number of nitrogens with zero attached hydrogens (tertiary/aromatic N) is 4. The van der Waals surface area contributed by atoms with E-state index in [1.165, 1.54) is 35.9 Å². The molecule has 9 nitrogen and oxygen atoms in total. The number of benzene rings is 1. The summed E-state index contributed by atoms with van der Waals surface area (Å²) in [5.74, 6) is -0.443. The fourth-order valence-corrected chi connectivity index (χ4v) is 6.28. The number of aryl methyl sites for hydroxylation is 1. The zero-order valence-corrected chi connectivity index (χ0v) is 21.7. The molecule has 5 rings (SSSR count). The van der Waals surface area contributed by atoms with Gasteiger partial charge in [-0.15, -0.1) is 23.7 Å². The van der Waals surface area contributed by atoms with Crippen molar-refractivity contribution in [2.24, 2.45) is 7.05 Å². The zero-order valence-electron chi connectivity index (χ0n) is 19.2. The first-order valence-electron chi connectivity index (χ1n) is 10.9. The van der Waals surface area contributed by atoms with E-state index in [0.717, 1.165) is 17.8 Å². The molecule has 36 heavy (non-hydrogen) atoms. The van der Waals surface area contributed by atoms with Crippen molar-refractivity contribution in [3.8, 4) is 21.8 Å². The maximum Gasteiger partial charge on any atom is 0.263 e. The Bertz CT molecular complexity index is 1480. The second kappa shape index (κ2) is 10.5. The van der Waals surface area contributed by atoms with Gasteiger partial charge in [-0.2, -0.15) is 0 Å².